The number of nitrogens with zero attached hydrogens (tertiary/aromatic N) is 2. The summed E-state index contributed by atoms with van der Waals surface area (Å²) in [5, 5.41) is 27.5. The standard InChI is InChI=1S/C28H23N3O6/c1-15(2)16-11-12-18-23(14-16)37-28(34)19-8-6-10-21(31(35)36)24(19)25(32)27(18,28)29-26(33)22-13-17-7-4-5-9-20(17)30(22)3/h4-15,34H,1-3H3,(H,29,33). The molecule has 2 N–H and O–H groups in total. The van der Waals surface area contributed by atoms with Crippen LogP contribution in [0.15, 0.2) is 66.7 Å². The molecule has 2 atom stereocenters. The maximum atomic E-state index is 14.2. The lowest BCUT2D eigenvalue weighted by molar-refractivity contribution is -0.385. The zero-order valence-corrected chi connectivity index (χ0v) is 20.3. The van der Waals surface area contributed by atoms with E-state index in [-0.39, 0.29) is 34.1 Å². The van der Waals surface area contributed by atoms with Gasteiger partial charge in [-0.2, -0.15) is 0 Å². The third-order valence-corrected chi connectivity index (χ3v) is 7.50. The van der Waals surface area contributed by atoms with E-state index in [0.29, 0.717) is 0 Å². The van der Waals surface area contributed by atoms with Gasteiger partial charge in [-0.15, -0.1) is 0 Å². The fourth-order valence-corrected chi connectivity index (χ4v) is 5.59. The van der Waals surface area contributed by atoms with Crippen molar-refractivity contribution in [1.82, 2.24) is 9.88 Å². The molecule has 186 valence electrons. The Bertz CT molecular complexity index is 1670. The second-order valence-corrected chi connectivity index (χ2v) is 9.79. The summed E-state index contributed by atoms with van der Waals surface area (Å²) in [6.45, 7) is 3.99. The van der Waals surface area contributed by atoms with Crippen molar-refractivity contribution >= 4 is 28.3 Å². The minimum Gasteiger partial charge on any atom is -0.454 e. The Morgan fingerprint density at radius 1 is 1.08 bits per heavy atom. The van der Waals surface area contributed by atoms with E-state index >= 15 is 0 Å². The van der Waals surface area contributed by atoms with Gasteiger partial charge in [0.15, 0.2) is 0 Å². The molecule has 6 rings (SSSR count). The van der Waals surface area contributed by atoms with Gasteiger partial charge in [0.1, 0.15) is 17.0 Å². The summed E-state index contributed by atoms with van der Waals surface area (Å²) in [6, 6.07) is 18.3. The van der Waals surface area contributed by atoms with Gasteiger partial charge >= 0.3 is 0 Å². The molecule has 1 aromatic heterocycles. The number of carbonyl (C=O) groups excluding carboxylic acids is 2. The Morgan fingerprint density at radius 3 is 2.54 bits per heavy atom. The van der Waals surface area contributed by atoms with Gasteiger partial charge in [-0.05, 0) is 29.7 Å². The number of para-hydroxylation sites is 1. The van der Waals surface area contributed by atoms with Crippen molar-refractivity contribution in [1.29, 1.82) is 0 Å². The summed E-state index contributed by atoms with van der Waals surface area (Å²) in [6.07, 6.45) is 0. The first-order valence-corrected chi connectivity index (χ1v) is 11.9. The lowest BCUT2D eigenvalue weighted by atomic mass is 9.82. The van der Waals surface area contributed by atoms with Gasteiger partial charge in [0, 0.05) is 35.1 Å². The van der Waals surface area contributed by atoms with Crippen LogP contribution in [-0.4, -0.2) is 26.3 Å². The number of nitro groups is 1. The molecule has 0 bridgehead atoms. The summed E-state index contributed by atoms with van der Waals surface area (Å²) in [5.41, 5.74) is -0.735. The Kier molecular flexibility index (Phi) is 4.65. The van der Waals surface area contributed by atoms with E-state index in [2.05, 4.69) is 5.32 Å². The molecule has 9 heteroatoms. The van der Waals surface area contributed by atoms with E-state index in [4.69, 9.17) is 4.74 Å². The third-order valence-electron chi connectivity index (χ3n) is 7.50. The number of aromatic nitrogens is 1. The van der Waals surface area contributed by atoms with Crippen molar-refractivity contribution < 1.29 is 24.4 Å². The smallest absolute Gasteiger partial charge is 0.280 e. The van der Waals surface area contributed by atoms with Gasteiger partial charge in [-0.3, -0.25) is 19.7 Å². The highest BCUT2D eigenvalue weighted by Gasteiger charge is 2.73. The average Bonchev–Trinajstić information content (AvgIpc) is 3.41. The molecule has 1 aliphatic carbocycles. The van der Waals surface area contributed by atoms with Crippen molar-refractivity contribution in [2.75, 3.05) is 0 Å². The molecule has 4 aromatic rings. The number of aliphatic hydroxyl groups is 1. The molecule has 2 heterocycles. The predicted octanol–water partition coefficient (Wildman–Crippen LogP) is 4.27. The van der Waals surface area contributed by atoms with Gasteiger partial charge in [-0.25, -0.2) is 0 Å². The number of ether oxygens (including phenoxy) is 1. The van der Waals surface area contributed by atoms with Crippen LogP contribution in [0.1, 0.15) is 57.3 Å². The number of hydrogen-bond acceptors (Lipinski definition) is 6. The molecule has 37 heavy (non-hydrogen) atoms. The van der Waals surface area contributed by atoms with Crippen LogP contribution in [0.3, 0.4) is 0 Å². The quantitative estimate of drug-likeness (QED) is 0.321. The molecular formula is C28H23N3O6. The van der Waals surface area contributed by atoms with E-state index in [0.717, 1.165) is 16.5 Å². The van der Waals surface area contributed by atoms with Crippen LogP contribution in [0.2, 0.25) is 0 Å². The Hall–Kier alpha value is -4.50. The number of nitro benzene ring substituents is 1. The SMILES string of the molecule is CC(C)c1ccc2c(c1)OC1(O)c3cccc([N+](=O)[O-])c3C(=O)C21NC(=O)c1cc2ccccc2n1C. The maximum absolute atomic E-state index is 14.2. The number of benzene rings is 3. The number of ketones is 1. The number of fused-ring (bicyclic) bond motifs is 6. The Labute approximate surface area is 211 Å². The molecule has 0 fully saturated rings. The first-order chi connectivity index (χ1) is 17.6. The number of rotatable bonds is 4. The van der Waals surface area contributed by atoms with Crippen LogP contribution in [0.5, 0.6) is 5.75 Å². The summed E-state index contributed by atoms with van der Waals surface area (Å²) in [4.78, 5) is 39.1. The van der Waals surface area contributed by atoms with E-state index in [1.165, 1.54) is 18.2 Å². The summed E-state index contributed by atoms with van der Waals surface area (Å²) in [7, 11) is 1.73. The molecule has 9 nitrogen and oxygen atoms in total. The van der Waals surface area contributed by atoms with Gasteiger partial charge in [0.25, 0.3) is 17.4 Å². The molecule has 2 aliphatic rings. The first-order valence-electron chi connectivity index (χ1n) is 11.9. The fourth-order valence-electron chi connectivity index (χ4n) is 5.59. The molecule has 2 unspecified atom stereocenters. The summed E-state index contributed by atoms with van der Waals surface area (Å²) >= 11 is 0. The molecule has 0 saturated carbocycles. The Balaban J connectivity index is 1.58. The minimum atomic E-state index is -2.39. The van der Waals surface area contributed by atoms with Crippen LogP contribution in [0.4, 0.5) is 5.69 Å². The van der Waals surface area contributed by atoms with Crippen LogP contribution in [-0.2, 0) is 18.4 Å². The number of Topliss-reactive ketones (excluding diaryl/α,β-unsaturated/α-hetero) is 1. The van der Waals surface area contributed by atoms with E-state index in [9.17, 15) is 24.8 Å². The van der Waals surface area contributed by atoms with Crippen LogP contribution < -0.4 is 10.1 Å². The number of nitrogens with one attached hydrogen (secondary N) is 1. The predicted molar refractivity (Wildman–Crippen MR) is 135 cm³/mol. The highest BCUT2D eigenvalue weighted by molar-refractivity contribution is 6.15. The molecule has 0 spiro atoms. The average molecular weight is 498 g/mol. The van der Waals surface area contributed by atoms with E-state index in [1.807, 2.05) is 38.1 Å². The topological polar surface area (TPSA) is 124 Å². The van der Waals surface area contributed by atoms with Crippen molar-refractivity contribution in [2.24, 2.45) is 7.05 Å². The molecule has 0 radical (unpaired) electrons. The maximum Gasteiger partial charge on any atom is 0.280 e. The molecule has 1 amide bonds. The summed E-state index contributed by atoms with van der Waals surface area (Å²) in [5.74, 6) is -3.46. The number of amides is 1. The largest absolute Gasteiger partial charge is 0.454 e. The normalized spacial score (nSPS) is 21.5. The van der Waals surface area contributed by atoms with Crippen molar-refractivity contribution in [2.45, 2.75) is 31.1 Å². The van der Waals surface area contributed by atoms with Crippen molar-refractivity contribution in [3.8, 4) is 5.75 Å². The number of hydrogen-bond donors (Lipinski definition) is 2. The summed E-state index contributed by atoms with van der Waals surface area (Å²) < 4.78 is 7.75. The van der Waals surface area contributed by atoms with Gasteiger partial charge in [0.05, 0.1) is 4.92 Å². The second kappa shape index (κ2) is 7.50. The second-order valence-electron chi connectivity index (χ2n) is 9.79. The molecular weight excluding hydrogens is 474 g/mol. The highest BCUT2D eigenvalue weighted by atomic mass is 16.6. The first kappa shape index (κ1) is 22.9. The van der Waals surface area contributed by atoms with Crippen LogP contribution >= 0.6 is 0 Å². The highest BCUT2D eigenvalue weighted by Crippen LogP contribution is 2.59. The van der Waals surface area contributed by atoms with Gasteiger partial charge < -0.3 is 19.7 Å². The Morgan fingerprint density at radius 2 is 1.84 bits per heavy atom. The van der Waals surface area contributed by atoms with Crippen LogP contribution in [0, 0.1) is 10.1 Å². The van der Waals surface area contributed by atoms with E-state index in [1.54, 1.807) is 35.9 Å². The molecule has 3 aromatic carbocycles. The number of carbonyl (C=O) groups is 2. The zero-order valence-electron chi connectivity index (χ0n) is 20.3. The third kappa shape index (κ3) is 2.83. The monoisotopic (exact) mass is 497 g/mol. The van der Waals surface area contributed by atoms with Gasteiger partial charge in [0.2, 0.25) is 11.3 Å². The molecule has 1 aliphatic heterocycles. The van der Waals surface area contributed by atoms with Gasteiger partial charge in [-0.1, -0.05) is 56.3 Å². The van der Waals surface area contributed by atoms with Crippen molar-refractivity contribution in [3.63, 3.8) is 0 Å². The van der Waals surface area contributed by atoms with E-state index < -0.39 is 33.6 Å². The fraction of sp³-hybridized carbons (Fsp3) is 0.214. The molecule has 0 saturated heterocycles. The zero-order chi connectivity index (χ0) is 26.3. The van der Waals surface area contributed by atoms with Crippen LogP contribution in [0.25, 0.3) is 10.9 Å². The lowest BCUT2D eigenvalue weighted by Crippen LogP contribution is -2.60. The lowest BCUT2D eigenvalue weighted by Gasteiger charge is -2.34. The number of aryl methyl sites for hydroxylation is 1. The van der Waals surface area contributed by atoms with Crippen molar-refractivity contribution in [3.05, 3.63) is 105 Å². The minimum absolute atomic E-state index is 0.0636.